The van der Waals surface area contributed by atoms with Gasteiger partial charge in [0, 0.05) is 18.5 Å². The second kappa shape index (κ2) is 8.14. The molecule has 0 aliphatic heterocycles. The van der Waals surface area contributed by atoms with Gasteiger partial charge >= 0.3 is 0 Å². The van der Waals surface area contributed by atoms with E-state index in [0.717, 1.165) is 11.3 Å². The topological polar surface area (TPSA) is 86.5 Å². The standard InChI is InChI=1S/C17H21N3O3/c1-3-22-10-11-23-14-6-4-13(5-7-14)20-17(21)15-12(2)8-9-19-16(15)18/h4-9H,3,10-11H2,1-2H3,(H2,18,19)(H,20,21). The molecule has 2 rings (SSSR count). The zero-order valence-corrected chi connectivity index (χ0v) is 13.3. The van der Waals surface area contributed by atoms with E-state index in [9.17, 15) is 4.79 Å². The van der Waals surface area contributed by atoms with Gasteiger partial charge in [0.1, 0.15) is 18.2 Å². The maximum atomic E-state index is 12.3. The van der Waals surface area contributed by atoms with Crippen LogP contribution < -0.4 is 15.8 Å². The number of aromatic nitrogens is 1. The number of nitrogens with one attached hydrogen (secondary N) is 1. The van der Waals surface area contributed by atoms with Gasteiger partial charge in [-0.2, -0.15) is 0 Å². The molecular formula is C17H21N3O3. The second-order valence-electron chi connectivity index (χ2n) is 4.91. The van der Waals surface area contributed by atoms with Crippen LogP contribution in [0, 0.1) is 6.92 Å². The number of carbonyl (C=O) groups is 1. The van der Waals surface area contributed by atoms with Crippen LogP contribution in [-0.2, 0) is 4.74 Å². The van der Waals surface area contributed by atoms with Gasteiger partial charge in [-0.3, -0.25) is 4.79 Å². The highest BCUT2D eigenvalue weighted by Gasteiger charge is 2.13. The van der Waals surface area contributed by atoms with Gasteiger partial charge in [-0.15, -0.1) is 0 Å². The molecule has 0 atom stereocenters. The zero-order valence-electron chi connectivity index (χ0n) is 13.3. The monoisotopic (exact) mass is 315 g/mol. The summed E-state index contributed by atoms with van der Waals surface area (Å²) in [4.78, 5) is 16.3. The molecule has 0 radical (unpaired) electrons. The molecule has 122 valence electrons. The zero-order chi connectivity index (χ0) is 16.7. The largest absolute Gasteiger partial charge is 0.491 e. The Balaban J connectivity index is 1.96. The van der Waals surface area contributed by atoms with Gasteiger partial charge in [0.15, 0.2) is 0 Å². The molecule has 3 N–H and O–H groups in total. The normalized spacial score (nSPS) is 10.3. The van der Waals surface area contributed by atoms with Crippen molar-refractivity contribution in [3.63, 3.8) is 0 Å². The number of ether oxygens (including phenoxy) is 2. The van der Waals surface area contributed by atoms with Crippen LogP contribution >= 0.6 is 0 Å². The molecule has 1 heterocycles. The van der Waals surface area contributed by atoms with Gasteiger partial charge in [-0.05, 0) is 49.7 Å². The SMILES string of the molecule is CCOCCOc1ccc(NC(=O)c2c(C)ccnc2N)cc1. The Bertz CT molecular complexity index is 636. The van der Waals surface area contributed by atoms with Crippen molar-refractivity contribution in [1.82, 2.24) is 4.98 Å². The minimum atomic E-state index is -0.280. The highest BCUT2D eigenvalue weighted by molar-refractivity contribution is 6.08. The van der Waals surface area contributed by atoms with E-state index in [0.29, 0.717) is 31.1 Å². The van der Waals surface area contributed by atoms with Crippen molar-refractivity contribution in [2.75, 3.05) is 30.9 Å². The van der Waals surface area contributed by atoms with Crippen LogP contribution in [0.15, 0.2) is 36.5 Å². The van der Waals surface area contributed by atoms with E-state index >= 15 is 0 Å². The molecule has 1 aromatic heterocycles. The Morgan fingerprint density at radius 3 is 2.61 bits per heavy atom. The predicted octanol–water partition coefficient (Wildman–Crippen LogP) is 2.64. The molecule has 1 aromatic carbocycles. The minimum Gasteiger partial charge on any atom is -0.491 e. The third-order valence-corrected chi connectivity index (χ3v) is 3.23. The van der Waals surface area contributed by atoms with Crippen LogP contribution in [-0.4, -0.2) is 30.7 Å². The van der Waals surface area contributed by atoms with Gasteiger partial charge in [0.2, 0.25) is 0 Å². The Morgan fingerprint density at radius 1 is 1.22 bits per heavy atom. The molecule has 1 amide bonds. The molecule has 23 heavy (non-hydrogen) atoms. The van der Waals surface area contributed by atoms with Crippen molar-refractivity contribution in [2.24, 2.45) is 0 Å². The molecule has 0 aliphatic carbocycles. The van der Waals surface area contributed by atoms with Gasteiger partial charge in [0.25, 0.3) is 5.91 Å². The van der Waals surface area contributed by atoms with Crippen LogP contribution in [0.2, 0.25) is 0 Å². The Hall–Kier alpha value is -2.60. The van der Waals surface area contributed by atoms with E-state index in [1.54, 1.807) is 36.5 Å². The second-order valence-corrected chi connectivity index (χ2v) is 4.91. The van der Waals surface area contributed by atoms with E-state index in [2.05, 4.69) is 10.3 Å². The van der Waals surface area contributed by atoms with Crippen LogP contribution in [0.4, 0.5) is 11.5 Å². The summed E-state index contributed by atoms with van der Waals surface area (Å²) in [5, 5.41) is 2.80. The lowest BCUT2D eigenvalue weighted by molar-refractivity contribution is 0.102. The average Bonchev–Trinajstić information content (AvgIpc) is 2.53. The summed E-state index contributed by atoms with van der Waals surface area (Å²) in [6.07, 6.45) is 1.58. The quantitative estimate of drug-likeness (QED) is 0.767. The third-order valence-electron chi connectivity index (χ3n) is 3.23. The Morgan fingerprint density at radius 2 is 1.96 bits per heavy atom. The summed E-state index contributed by atoms with van der Waals surface area (Å²) in [5.41, 5.74) is 7.61. The van der Waals surface area contributed by atoms with Gasteiger partial charge < -0.3 is 20.5 Å². The number of anilines is 2. The van der Waals surface area contributed by atoms with Crippen molar-refractivity contribution in [2.45, 2.75) is 13.8 Å². The van der Waals surface area contributed by atoms with Gasteiger partial charge in [-0.25, -0.2) is 4.98 Å². The first-order valence-corrected chi connectivity index (χ1v) is 7.45. The Kier molecular flexibility index (Phi) is 5.94. The Labute approximate surface area is 135 Å². The first-order chi connectivity index (χ1) is 11.1. The van der Waals surface area contributed by atoms with E-state index in [4.69, 9.17) is 15.2 Å². The molecule has 0 fully saturated rings. The summed E-state index contributed by atoms with van der Waals surface area (Å²) >= 11 is 0. The average molecular weight is 315 g/mol. The van der Waals surface area contributed by atoms with Crippen molar-refractivity contribution < 1.29 is 14.3 Å². The number of nitrogens with zero attached hydrogens (tertiary/aromatic N) is 1. The molecule has 6 nitrogen and oxygen atoms in total. The van der Waals surface area contributed by atoms with Crippen molar-refractivity contribution >= 4 is 17.4 Å². The van der Waals surface area contributed by atoms with Crippen LogP contribution in [0.1, 0.15) is 22.8 Å². The molecule has 0 saturated carbocycles. The minimum absolute atomic E-state index is 0.221. The number of aryl methyl sites for hydroxylation is 1. The number of nitrogen functional groups attached to an aromatic ring is 1. The molecule has 0 spiro atoms. The summed E-state index contributed by atoms with van der Waals surface area (Å²) in [5.74, 6) is 0.663. The predicted molar refractivity (Wildman–Crippen MR) is 89.8 cm³/mol. The summed E-state index contributed by atoms with van der Waals surface area (Å²) in [6.45, 7) is 5.47. The van der Waals surface area contributed by atoms with E-state index in [-0.39, 0.29) is 11.7 Å². The van der Waals surface area contributed by atoms with Crippen LogP contribution in [0.25, 0.3) is 0 Å². The summed E-state index contributed by atoms with van der Waals surface area (Å²) in [6, 6.07) is 8.88. The molecule has 0 aliphatic rings. The van der Waals surface area contributed by atoms with Crippen molar-refractivity contribution in [3.8, 4) is 5.75 Å². The summed E-state index contributed by atoms with van der Waals surface area (Å²) in [7, 11) is 0. The molecule has 0 saturated heterocycles. The fourth-order valence-electron chi connectivity index (χ4n) is 2.07. The number of carbonyl (C=O) groups excluding carboxylic acids is 1. The number of benzene rings is 1. The van der Waals surface area contributed by atoms with Gasteiger partial charge in [-0.1, -0.05) is 0 Å². The number of amides is 1. The third kappa shape index (κ3) is 4.69. The maximum Gasteiger partial charge on any atom is 0.259 e. The highest BCUT2D eigenvalue weighted by Crippen LogP contribution is 2.19. The molecule has 2 aromatic rings. The number of hydrogen-bond acceptors (Lipinski definition) is 5. The molecule has 6 heteroatoms. The van der Waals surface area contributed by atoms with E-state index in [1.807, 2.05) is 13.8 Å². The fraction of sp³-hybridized carbons (Fsp3) is 0.294. The lowest BCUT2D eigenvalue weighted by Crippen LogP contribution is -2.16. The number of nitrogens with two attached hydrogens (primary N) is 1. The van der Waals surface area contributed by atoms with Crippen molar-refractivity contribution in [1.29, 1.82) is 0 Å². The van der Waals surface area contributed by atoms with Gasteiger partial charge in [0.05, 0.1) is 12.2 Å². The van der Waals surface area contributed by atoms with E-state index in [1.165, 1.54) is 0 Å². The molecular weight excluding hydrogens is 294 g/mol. The van der Waals surface area contributed by atoms with Crippen LogP contribution in [0.3, 0.4) is 0 Å². The smallest absolute Gasteiger partial charge is 0.259 e. The lowest BCUT2D eigenvalue weighted by Gasteiger charge is -2.10. The first-order valence-electron chi connectivity index (χ1n) is 7.45. The number of rotatable bonds is 7. The van der Waals surface area contributed by atoms with Crippen LogP contribution in [0.5, 0.6) is 5.75 Å². The first kappa shape index (κ1) is 16.8. The summed E-state index contributed by atoms with van der Waals surface area (Å²) < 4.78 is 10.7. The van der Waals surface area contributed by atoms with E-state index < -0.39 is 0 Å². The maximum absolute atomic E-state index is 12.3. The number of pyridine rings is 1. The molecule has 0 unspecified atom stereocenters. The fourth-order valence-corrected chi connectivity index (χ4v) is 2.07. The molecule has 0 bridgehead atoms. The lowest BCUT2D eigenvalue weighted by atomic mass is 10.1. The number of hydrogen-bond donors (Lipinski definition) is 2. The highest BCUT2D eigenvalue weighted by atomic mass is 16.5. The van der Waals surface area contributed by atoms with Crippen molar-refractivity contribution in [3.05, 3.63) is 47.7 Å².